The number of hydrogen-bond acceptors (Lipinski definition) is 3. The first kappa shape index (κ1) is 16.8. The molecule has 0 bridgehead atoms. The standard InChI is InChI=1S/C18H22N2O3/c1-2-3-10-19-16(21)12-15-9-11-20-18(22)17(15)23-13-14-7-5-4-6-8-14/h4-9,11H,2-3,10,12-13H2,1H3,(H,19,21)(H,20,22). The smallest absolute Gasteiger partial charge is 0.290 e. The maximum absolute atomic E-state index is 12.0. The van der Waals surface area contributed by atoms with Gasteiger partial charge in [-0.25, -0.2) is 0 Å². The van der Waals surface area contributed by atoms with Crippen LogP contribution in [0.1, 0.15) is 30.9 Å². The number of unbranched alkanes of at least 4 members (excludes halogenated alkanes) is 1. The van der Waals surface area contributed by atoms with E-state index in [1.165, 1.54) is 6.20 Å². The van der Waals surface area contributed by atoms with Crippen LogP contribution in [0, 0.1) is 0 Å². The first-order chi connectivity index (χ1) is 11.2. The van der Waals surface area contributed by atoms with Crippen LogP contribution < -0.4 is 15.6 Å². The lowest BCUT2D eigenvalue weighted by Crippen LogP contribution is -2.27. The van der Waals surface area contributed by atoms with Crippen LogP contribution in [-0.2, 0) is 17.8 Å². The van der Waals surface area contributed by atoms with Crippen molar-refractivity contribution in [3.8, 4) is 5.75 Å². The molecule has 122 valence electrons. The Morgan fingerprint density at radius 3 is 2.74 bits per heavy atom. The summed E-state index contributed by atoms with van der Waals surface area (Å²) in [7, 11) is 0. The van der Waals surface area contributed by atoms with E-state index in [2.05, 4.69) is 17.2 Å². The number of carbonyl (C=O) groups excluding carboxylic acids is 1. The second kappa shape index (κ2) is 8.78. The van der Waals surface area contributed by atoms with Gasteiger partial charge in [0.1, 0.15) is 6.61 Å². The summed E-state index contributed by atoms with van der Waals surface area (Å²) in [6.45, 7) is 3.01. The summed E-state index contributed by atoms with van der Waals surface area (Å²) >= 11 is 0. The molecule has 0 fully saturated rings. The quantitative estimate of drug-likeness (QED) is 0.735. The van der Waals surface area contributed by atoms with Gasteiger partial charge < -0.3 is 15.0 Å². The minimum atomic E-state index is -0.320. The molecule has 2 N–H and O–H groups in total. The summed E-state index contributed by atoms with van der Waals surface area (Å²) in [6.07, 6.45) is 3.64. The Kier molecular flexibility index (Phi) is 6.41. The lowest BCUT2D eigenvalue weighted by molar-refractivity contribution is -0.120. The lowest BCUT2D eigenvalue weighted by atomic mass is 10.1. The lowest BCUT2D eigenvalue weighted by Gasteiger charge is -2.10. The summed E-state index contributed by atoms with van der Waals surface area (Å²) in [5.74, 6) is 0.107. The van der Waals surface area contributed by atoms with E-state index in [0.29, 0.717) is 18.7 Å². The maximum Gasteiger partial charge on any atom is 0.290 e. The third kappa shape index (κ3) is 5.29. The van der Waals surface area contributed by atoms with Gasteiger partial charge in [0.15, 0.2) is 5.75 Å². The molecule has 5 nitrogen and oxygen atoms in total. The predicted octanol–water partition coefficient (Wildman–Crippen LogP) is 2.41. The highest BCUT2D eigenvalue weighted by Gasteiger charge is 2.12. The molecule has 0 unspecified atom stereocenters. The second-order valence-electron chi connectivity index (χ2n) is 5.32. The van der Waals surface area contributed by atoms with Crippen LogP contribution in [0.2, 0.25) is 0 Å². The van der Waals surface area contributed by atoms with Crippen molar-refractivity contribution < 1.29 is 9.53 Å². The molecular formula is C18H22N2O3. The number of carbonyl (C=O) groups is 1. The molecule has 5 heteroatoms. The van der Waals surface area contributed by atoms with Crippen molar-refractivity contribution in [3.63, 3.8) is 0 Å². The van der Waals surface area contributed by atoms with Gasteiger partial charge in [0.25, 0.3) is 5.56 Å². The molecule has 1 aromatic heterocycles. The van der Waals surface area contributed by atoms with E-state index in [1.54, 1.807) is 6.07 Å². The van der Waals surface area contributed by atoms with Crippen LogP contribution in [0.25, 0.3) is 0 Å². The number of rotatable bonds is 8. The first-order valence-corrected chi connectivity index (χ1v) is 7.84. The molecule has 0 saturated carbocycles. The molecule has 1 amide bonds. The Morgan fingerprint density at radius 1 is 1.22 bits per heavy atom. The molecule has 0 saturated heterocycles. The number of amides is 1. The number of aromatic amines is 1. The molecule has 1 heterocycles. The molecule has 2 rings (SSSR count). The summed E-state index contributed by atoms with van der Waals surface area (Å²) in [6, 6.07) is 11.3. The Labute approximate surface area is 135 Å². The third-order valence-corrected chi connectivity index (χ3v) is 3.43. The summed E-state index contributed by atoms with van der Waals surface area (Å²) in [4.78, 5) is 26.5. The van der Waals surface area contributed by atoms with E-state index in [0.717, 1.165) is 18.4 Å². The van der Waals surface area contributed by atoms with Crippen molar-refractivity contribution in [3.05, 3.63) is 64.1 Å². The van der Waals surface area contributed by atoms with E-state index in [9.17, 15) is 9.59 Å². The zero-order valence-electron chi connectivity index (χ0n) is 13.3. The molecule has 0 spiro atoms. The zero-order valence-corrected chi connectivity index (χ0v) is 13.3. The fourth-order valence-corrected chi connectivity index (χ4v) is 2.17. The van der Waals surface area contributed by atoms with Gasteiger partial charge in [0.2, 0.25) is 5.91 Å². The SMILES string of the molecule is CCCCNC(=O)Cc1cc[nH]c(=O)c1OCc1ccccc1. The number of hydrogen-bond donors (Lipinski definition) is 2. The zero-order chi connectivity index (χ0) is 16.5. The van der Waals surface area contributed by atoms with Gasteiger partial charge in [-0.2, -0.15) is 0 Å². The Bertz CT molecular complexity index is 680. The Morgan fingerprint density at radius 2 is 2.00 bits per heavy atom. The molecule has 0 radical (unpaired) electrons. The average molecular weight is 314 g/mol. The van der Waals surface area contributed by atoms with Crippen LogP contribution in [0.15, 0.2) is 47.4 Å². The largest absolute Gasteiger partial charge is 0.483 e. The number of benzene rings is 1. The first-order valence-electron chi connectivity index (χ1n) is 7.84. The third-order valence-electron chi connectivity index (χ3n) is 3.43. The number of aromatic nitrogens is 1. The topological polar surface area (TPSA) is 71.2 Å². The fraction of sp³-hybridized carbons (Fsp3) is 0.333. The van der Waals surface area contributed by atoms with Gasteiger partial charge >= 0.3 is 0 Å². The number of H-pyrrole nitrogens is 1. The van der Waals surface area contributed by atoms with Crippen LogP contribution in [0.4, 0.5) is 0 Å². The highest BCUT2D eigenvalue weighted by atomic mass is 16.5. The van der Waals surface area contributed by atoms with E-state index < -0.39 is 0 Å². The molecule has 0 aliphatic heterocycles. The molecule has 1 aromatic carbocycles. The summed E-state index contributed by atoms with van der Waals surface area (Å²) < 4.78 is 5.66. The molecular weight excluding hydrogens is 292 g/mol. The molecule has 23 heavy (non-hydrogen) atoms. The fourth-order valence-electron chi connectivity index (χ4n) is 2.17. The van der Waals surface area contributed by atoms with Gasteiger partial charge in [-0.1, -0.05) is 43.7 Å². The van der Waals surface area contributed by atoms with Crippen molar-refractivity contribution in [2.24, 2.45) is 0 Å². The minimum Gasteiger partial charge on any atom is -0.483 e. The Hall–Kier alpha value is -2.56. The monoisotopic (exact) mass is 314 g/mol. The van der Waals surface area contributed by atoms with Gasteiger partial charge in [0.05, 0.1) is 6.42 Å². The van der Waals surface area contributed by atoms with Crippen molar-refractivity contribution in [1.82, 2.24) is 10.3 Å². The van der Waals surface area contributed by atoms with E-state index in [4.69, 9.17) is 4.74 Å². The van der Waals surface area contributed by atoms with Crippen molar-refractivity contribution in [2.45, 2.75) is 32.8 Å². The van der Waals surface area contributed by atoms with E-state index >= 15 is 0 Å². The van der Waals surface area contributed by atoms with Gasteiger partial charge in [0, 0.05) is 18.3 Å². The second-order valence-corrected chi connectivity index (χ2v) is 5.32. The van der Waals surface area contributed by atoms with Crippen LogP contribution in [-0.4, -0.2) is 17.4 Å². The summed E-state index contributed by atoms with van der Waals surface area (Å²) in [5.41, 5.74) is 1.24. The molecule has 0 aliphatic carbocycles. The highest BCUT2D eigenvalue weighted by molar-refractivity contribution is 5.79. The van der Waals surface area contributed by atoms with Crippen molar-refractivity contribution in [2.75, 3.05) is 6.54 Å². The van der Waals surface area contributed by atoms with E-state index in [-0.39, 0.29) is 23.6 Å². The van der Waals surface area contributed by atoms with Gasteiger partial charge in [-0.3, -0.25) is 9.59 Å². The summed E-state index contributed by atoms with van der Waals surface area (Å²) in [5, 5.41) is 2.85. The highest BCUT2D eigenvalue weighted by Crippen LogP contribution is 2.14. The maximum atomic E-state index is 12.0. The van der Waals surface area contributed by atoms with Gasteiger partial charge in [-0.15, -0.1) is 0 Å². The Balaban J connectivity index is 2.04. The van der Waals surface area contributed by atoms with E-state index in [1.807, 2.05) is 30.3 Å². The average Bonchev–Trinajstić information content (AvgIpc) is 2.55. The van der Waals surface area contributed by atoms with Crippen molar-refractivity contribution >= 4 is 5.91 Å². The predicted molar refractivity (Wildman–Crippen MR) is 89.5 cm³/mol. The number of pyridine rings is 1. The minimum absolute atomic E-state index is 0.103. The molecule has 0 aliphatic rings. The number of nitrogens with one attached hydrogen (secondary N) is 2. The van der Waals surface area contributed by atoms with Crippen LogP contribution in [0.3, 0.4) is 0 Å². The van der Waals surface area contributed by atoms with Gasteiger partial charge in [-0.05, 0) is 18.1 Å². The van der Waals surface area contributed by atoms with Crippen LogP contribution in [0.5, 0.6) is 5.75 Å². The van der Waals surface area contributed by atoms with Crippen molar-refractivity contribution in [1.29, 1.82) is 0 Å². The molecule has 0 atom stereocenters. The normalized spacial score (nSPS) is 10.3. The number of ether oxygens (including phenoxy) is 1. The van der Waals surface area contributed by atoms with Crippen LogP contribution >= 0.6 is 0 Å². The molecule has 2 aromatic rings.